The SMILES string of the molecule is CC(=O)NC1CCN(C(=O)c2ncccc2N)CC1. The fraction of sp³-hybridized carbons (Fsp3) is 0.462. The van der Waals surface area contributed by atoms with Gasteiger partial charge in [0.05, 0.1) is 5.69 Å². The van der Waals surface area contributed by atoms with Crippen LogP contribution in [0, 0.1) is 0 Å². The normalized spacial score (nSPS) is 16.2. The van der Waals surface area contributed by atoms with E-state index in [9.17, 15) is 9.59 Å². The zero-order chi connectivity index (χ0) is 13.8. The average molecular weight is 262 g/mol. The number of nitrogens with one attached hydrogen (secondary N) is 1. The van der Waals surface area contributed by atoms with Crippen molar-refractivity contribution in [1.29, 1.82) is 0 Å². The molecular weight excluding hydrogens is 244 g/mol. The van der Waals surface area contributed by atoms with Crippen molar-refractivity contribution in [2.45, 2.75) is 25.8 Å². The van der Waals surface area contributed by atoms with Crippen molar-refractivity contribution >= 4 is 17.5 Å². The Kier molecular flexibility index (Phi) is 3.99. The van der Waals surface area contributed by atoms with Gasteiger partial charge in [-0.05, 0) is 25.0 Å². The third-order valence-electron chi connectivity index (χ3n) is 3.23. The summed E-state index contributed by atoms with van der Waals surface area (Å²) < 4.78 is 0. The third kappa shape index (κ3) is 3.21. The highest BCUT2D eigenvalue weighted by atomic mass is 16.2. The first-order valence-electron chi connectivity index (χ1n) is 6.35. The van der Waals surface area contributed by atoms with Crippen LogP contribution in [0.2, 0.25) is 0 Å². The molecule has 102 valence electrons. The van der Waals surface area contributed by atoms with Crippen LogP contribution in [-0.4, -0.2) is 40.8 Å². The van der Waals surface area contributed by atoms with Crippen molar-refractivity contribution in [2.24, 2.45) is 0 Å². The molecule has 6 nitrogen and oxygen atoms in total. The Morgan fingerprint density at radius 1 is 1.42 bits per heavy atom. The van der Waals surface area contributed by atoms with E-state index in [4.69, 9.17) is 5.73 Å². The summed E-state index contributed by atoms with van der Waals surface area (Å²) in [6, 6.07) is 3.53. The minimum atomic E-state index is -0.139. The Hall–Kier alpha value is -2.11. The number of hydrogen-bond donors (Lipinski definition) is 2. The van der Waals surface area contributed by atoms with Crippen LogP contribution in [0.15, 0.2) is 18.3 Å². The van der Waals surface area contributed by atoms with E-state index in [1.54, 1.807) is 23.2 Å². The highest BCUT2D eigenvalue weighted by molar-refractivity contribution is 5.97. The Bertz CT molecular complexity index is 481. The fourth-order valence-corrected chi connectivity index (χ4v) is 2.26. The highest BCUT2D eigenvalue weighted by Crippen LogP contribution is 2.16. The molecule has 1 aliphatic heterocycles. The summed E-state index contributed by atoms with van der Waals surface area (Å²) in [5, 5.41) is 2.88. The molecular formula is C13H18N4O2. The highest BCUT2D eigenvalue weighted by Gasteiger charge is 2.25. The minimum Gasteiger partial charge on any atom is -0.397 e. The Labute approximate surface area is 112 Å². The summed E-state index contributed by atoms with van der Waals surface area (Å²) in [7, 11) is 0. The van der Waals surface area contributed by atoms with Crippen molar-refractivity contribution in [1.82, 2.24) is 15.2 Å². The summed E-state index contributed by atoms with van der Waals surface area (Å²) in [6.07, 6.45) is 3.09. The number of aromatic nitrogens is 1. The number of rotatable bonds is 2. The van der Waals surface area contributed by atoms with Gasteiger partial charge in [0.25, 0.3) is 5.91 Å². The van der Waals surface area contributed by atoms with Crippen LogP contribution in [0.3, 0.4) is 0 Å². The summed E-state index contributed by atoms with van der Waals surface area (Å²) in [5.74, 6) is -0.168. The summed E-state index contributed by atoms with van der Waals surface area (Å²) in [5.41, 5.74) is 6.46. The van der Waals surface area contributed by atoms with E-state index >= 15 is 0 Å². The number of hydrogen-bond acceptors (Lipinski definition) is 4. The van der Waals surface area contributed by atoms with E-state index in [0.717, 1.165) is 12.8 Å². The first kappa shape index (κ1) is 13.3. The second kappa shape index (κ2) is 5.69. The molecule has 0 atom stereocenters. The van der Waals surface area contributed by atoms with Gasteiger partial charge in [-0.2, -0.15) is 0 Å². The fourth-order valence-electron chi connectivity index (χ4n) is 2.26. The van der Waals surface area contributed by atoms with Crippen molar-refractivity contribution in [3.63, 3.8) is 0 Å². The maximum atomic E-state index is 12.2. The van der Waals surface area contributed by atoms with E-state index in [1.807, 2.05) is 0 Å². The number of likely N-dealkylation sites (tertiary alicyclic amines) is 1. The second-order valence-electron chi connectivity index (χ2n) is 4.71. The Morgan fingerprint density at radius 2 is 2.11 bits per heavy atom. The molecule has 0 aromatic carbocycles. The second-order valence-corrected chi connectivity index (χ2v) is 4.71. The summed E-state index contributed by atoms with van der Waals surface area (Å²) in [6.45, 7) is 2.73. The van der Waals surface area contributed by atoms with Gasteiger partial charge in [-0.15, -0.1) is 0 Å². The molecule has 0 radical (unpaired) electrons. The number of pyridine rings is 1. The summed E-state index contributed by atoms with van der Waals surface area (Å²) in [4.78, 5) is 29.0. The van der Waals surface area contributed by atoms with Crippen molar-refractivity contribution in [3.8, 4) is 0 Å². The van der Waals surface area contributed by atoms with Gasteiger partial charge in [-0.3, -0.25) is 9.59 Å². The smallest absolute Gasteiger partial charge is 0.274 e. The quantitative estimate of drug-likeness (QED) is 0.807. The molecule has 0 bridgehead atoms. The molecule has 19 heavy (non-hydrogen) atoms. The standard InChI is InChI=1S/C13H18N4O2/c1-9(18)16-10-4-7-17(8-5-10)13(19)12-11(14)3-2-6-15-12/h2-3,6,10H,4-5,7-8,14H2,1H3,(H,16,18). The topological polar surface area (TPSA) is 88.3 Å². The number of piperidine rings is 1. The predicted molar refractivity (Wildman–Crippen MR) is 71.4 cm³/mol. The number of amides is 2. The Morgan fingerprint density at radius 3 is 2.68 bits per heavy atom. The molecule has 1 aromatic heterocycles. The van der Waals surface area contributed by atoms with Crippen LogP contribution < -0.4 is 11.1 Å². The van der Waals surface area contributed by atoms with E-state index in [1.165, 1.54) is 6.92 Å². The van der Waals surface area contributed by atoms with Gasteiger partial charge in [-0.25, -0.2) is 4.98 Å². The lowest BCUT2D eigenvalue weighted by molar-refractivity contribution is -0.119. The van der Waals surface area contributed by atoms with Crippen molar-refractivity contribution < 1.29 is 9.59 Å². The van der Waals surface area contributed by atoms with Crippen LogP contribution in [0.1, 0.15) is 30.3 Å². The monoisotopic (exact) mass is 262 g/mol. The lowest BCUT2D eigenvalue weighted by Crippen LogP contribution is -2.46. The number of nitrogen functional groups attached to an aromatic ring is 1. The molecule has 0 saturated carbocycles. The zero-order valence-electron chi connectivity index (χ0n) is 10.9. The molecule has 1 fully saturated rings. The average Bonchev–Trinajstić information content (AvgIpc) is 2.39. The van der Waals surface area contributed by atoms with Crippen molar-refractivity contribution in [3.05, 3.63) is 24.0 Å². The molecule has 2 rings (SSSR count). The number of nitrogens with two attached hydrogens (primary N) is 1. The number of carbonyl (C=O) groups is 2. The molecule has 0 aliphatic carbocycles. The number of nitrogens with zero attached hydrogens (tertiary/aromatic N) is 2. The molecule has 0 unspecified atom stereocenters. The number of carbonyl (C=O) groups excluding carboxylic acids is 2. The van der Waals surface area contributed by atoms with E-state index in [2.05, 4.69) is 10.3 Å². The van der Waals surface area contributed by atoms with Gasteiger partial charge in [0.15, 0.2) is 5.69 Å². The lowest BCUT2D eigenvalue weighted by Gasteiger charge is -2.32. The van der Waals surface area contributed by atoms with E-state index < -0.39 is 0 Å². The first-order valence-corrected chi connectivity index (χ1v) is 6.35. The van der Waals surface area contributed by atoms with Crippen molar-refractivity contribution in [2.75, 3.05) is 18.8 Å². The molecule has 0 spiro atoms. The number of anilines is 1. The zero-order valence-corrected chi connectivity index (χ0v) is 10.9. The first-order chi connectivity index (χ1) is 9.08. The van der Waals surface area contributed by atoms with Crippen LogP contribution in [-0.2, 0) is 4.79 Å². The van der Waals surface area contributed by atoms with Gasteiger partial charge in [0.2, 0.25) is 5.91 Å². The van der Waals surface area contributed by atoms with E-state index in [0.29, 0.717) is 24.5 Å². The molecule has 2 heterocycles. The van der Waals surface area contributed by atoms with E-state index in [-0.39, 0.29) is 17.9 Å². The molecule has 6 heteroatoms. The molecule has 1 aromatic rings. The minimum absolute atomic E-state index is 0.0289. The Balaban J connectivity index is 1.96. The maximum Gasteiger partial charge on any atom is 0.274 e. The largest absolute Gasteiger partial charge is 0.397 e. The van der Waals surface area contributed by atoms with Gasteiger partial charge < -0.3 is 16.0 Å². The molecule has 2 amide bonds. The molecule has 1 aliphatic rings. The van der Waals surface area contributed by atoms with Gasteiger partial charge >= 0.3 is 0 Å². The van der Waals surface area contributed by atoms with Gasteiger partial charge in [0.1, 0.15) is 0 Å². The van der Waals surface area contributed by atoms with Crippen LogP contribution >= 0.6 is 0 Å². The summed E-state index contributed by atoms with van der Waals surface area (Å²) >= 11 is 0. The molecule has 1 saturated heterocycles. The van der Waals surface area contributed by atoms with Gasteiger partial charge in [-0.1, -0.05) is 0 Å². The van der Waals surface area contributed by atoms with Crippen LogP contribution in [0.25, 0.3) is 0 Å². The van der Waals surface area contributed by atoms with Crippen LogP contribution in [0.5, 0.6) is 0 Å². The molecule has 3 N–H and O–H groups in total. The predicted octanol–water partition coefficient (Wildman–Crippen LogP) is 0.404. The lowest BCUT2D eigenvalue weighted by atomic mass is 10.0. The maximum absolute atomic E-state index is 12.2. The van der Waals surface area contributed by atoms with Crippen LogP contribution in [0.4, 0.5) is 5.69 Å². The van der Waals surface area contributed by atoms with Gasteiger partial charge in [0, 0.05) is 32.3 Å². The third-order valence-corrected chi connectivity index (χ3v) is 3.23.